The molecule has 0 spiro atoms. The summed E-state index contributed by atoms with van der Waals surface area (Å²) in [4.78, 5) is 33.6. The van der Waals surface area contributed by atoms with Crippen molar-refractivity contribution >= 4 is 47.4 Å². The molecule has 2 aliphatic heterocycles. The van der Waals surface area contributed by atoms with Gasteiger partial charge in [0.1, 0.15) is 6.10 Å². The number of nitrogens with one attached hydrogen (secondary N) is 2. The molecule has 0 saturated carbocycles. The maximum absolute atomic E-state index is 12.6. The van der Waals surface area contributed by atoms with E-state index in [1.807, 2.05) is 43.0 Å². The summed E-state index contributed by atoms with van der Waals surface area (Å²) in [5.41, 5.74) is 1.84. The molecule has 0 aromatic heterocycles. The van der Waals surface area contributed by atoms with E-state index >= 15 is 0 Å². The maximum atomic E-state index is 12.6. The summed E-state index contributed by atoms with van der Waals surface area (Å²) in [5, 5.41) is 6.34. The number of amides is 2. The molecule has 1 aromatic carbocycles. The van der Waals surface area contributed by atoms with Crippen LogP contribution in [0.3, 0.4) is 0 Å². The molecule has 1 atom stereocenters. The number of hydrogen-bond acceptors (Lipinski definition) is 4. The van der Waals surface area contributed by atoms with Crippen molar-refractivity contribution in [3.63, 3.8) is 0 Å². The number of guanidine groups is 1. The quantitative estimate of drug-likeness (QED) is 0.299. The SMILES string of the molecule is CCNC(=NCc1cccc(NC(=O)CC(C)C)c1)N1CCN(C(=O)C2CCCO2)CC1.I. The fourth-order valence-electron chi connectivity index (χ4n) is 4.04. The van der Waals surface area contributed by atoms with Gasteiger partial charge in [-0.05, 0) is 43.4 Å². The summed E-state index contributed by atoms with van der Waals surface area (Å²) in [5.74, 6) is 1.34. The largest absolute Gasteiger partial charge is 0.368 e. The van der Waals surface area contributed by atoms with Crippen molar-refractivity contribution in [3.05, 3.63) is 29.8 Å². The molecule has 3 rings (SSSR count). The number of rotatable bonds is 7. The van der Waals surface area contributed by atoms with Crippen LogP contribution in [-0.2, 0) is 20.9 Å². The molecule has 0 bridgehead atoms. The fourth-order valence-corrected chi connectivity index (χ4v) is 4.04. The normalized spacial score (nSPS) is 18.8. The van der Waals surface area contributed by atoms with E-state index in [9.17, 15) is 9.59 Å². The molecule has 2 fully saturated rings. The minimum absolute atomic E-state index is 0. The molecule has 1 unspecified atom stereocenters. The van der Waals surface area contributed by atoms with Crippen LogP contribution in [0.25, 0.3) is 0 Å². The van der Waals surface area contributed by atoms with Gasteiger partial charge in [0.2, 0.25) is 5.91 Å². The smallest absolute Gasteiger partial charge is 0.251 e. The molecule has 8 nitrogen and oxygen atoms in total. The van der Waals surface area contributed by atoms with E-state index in [0.717, 1.165) is 49.7 Å². The first-order chi connectivity index (χ1) is 15.5. The van der Waals surface area contributed by atoms with Crippen molar-refractivity contribution in [2.24, 2.45) is 10.9 Å². The minimum Gasteiger partial charge on any atom is -0.368 e. The third-order valence-electron chi connectivity index (χ3n) is 5.65. The average molecular weight is 572 g/mol. The van der Waals surface area contributed by atoms with Crippen molar-refractivity contribution in [2.75, 3.05) is 44.6 Å². The van der Waals surface area contributed by atoms with Crippen LogP contribution in [0.15, 0.2) is 29.3 Å². The van der Waals surface area contributed by atoms with E-state index in [1.54, 1.807) is 0 Å². The molecule has 1 aromatic rings. The first-order valence-corrected chi connectivity index (χ1v) is 11.8. The van der Waals surface area contributed by atoms with Gasteiger partial charge in [-0.1, -0.05) is 26.0 Å². The third-order valence-corrected chi connectivity index (χ3v) is 5.65. The lowest BCUT2D eigenvalue weighted by molar-refractivity contribution is -0.142. The highest BCUT2D eigenvalue weighted by molar-refractivity contribution is 14.0. The second-order valence-corrected chi connectivity index (χ2v) is 8.83. The Morgan fingerprint density at radius 3 is 2.55 bits per heavy atom. The lowest BCUT2D eigenvalue weighted by Gasteiger charge is -2.37. The molecule has 0 aliphatic carbocycles. The van der Waals surface area contributed by atoms with Gasteiger partial charge in [-0.2, -0.15) is 0 Å². The molecule has 2 N–H and O–H groups in total. The van der Waals surface area contributed by atoms with Crippen LogP contribution in [0.5, 0.6) is 0 Å². The van der Waals surface area contributed by atoms with Gasteiger partial charge in [0, 0.05) is 51.4 Å². The summed E-state index contributed by atoms with van der Waals surface area (Å²) in [6.07, 6.45) is 2.06. The number of ether oxygens (including phenoxy) is 1. The minimum atomic E-state index is -0.253. The lowest BCUT2D eigenvalue weighted by Crippen LogP contribution is -2.55. The molecular weight excluding hydrogens is 533 g/mol. The molecule has 33 heavy (non-hydrogen) atoms. The van der Waals surface area contributed by atoms with E-state index in [1.165, 1.54) is 0 Å². The van der Waals surface area contributed by atoms with Crippen molar-refractivity contribution in [3.8, 4) is 0 Å². The van der Waals surface area contributed by atoms with E-state index in [0.29, 0.717) is 38.6 Å². The van der Waals surface area contributed by atoms with Gasteiger partial charge in [0.05, 0.1) is 6.54 Å². The lowest BCUT2D eigenvalue weighted by atomic mass is 10.1. The zero-order valence-corrected chi connectivity index (χ0v) is 22.3. The Hall–Kier alpha value is -1.88. The molecule has 184 valence electrons. The van der Waals surface area contributed by atoms with E-state index < -0.39 is 0 Å². The number of hydrogen-bond donors (Lipinski definition) is 2. The topological polar surface area (TPSA) is 86.3 Å². The Labute approximate surface area is 214 Å². The van der Waals surface area contributed by atoms with E-state index in [-0.39, 0.29) is 41.9 Å². The standard InChI is InChI=1S/C24H37N5O3.HI/c1-4-25-24(29-12-10-28(11-13-29)23(31)21-9-6-14-32-21)26-17-19-7-5-8-20(16-19)27-22(30)15-18(2)3;/h5,7-8,16,18,21H,4,6,9-15,17H2,1-3H3,(H,25,26)(H,27,30);1H. The van der Waals surface area contributed by atoms with Crippen LogP contribution in [-0.4, -0.2) is 73.0 Å². The summed E-state index contributed by atoms with van der Waals surface area (Å²) >= 11 is 0. The Morgan fingerprint density at radius 1 is 1.18 bits per heavy atom. The Morgan fingerprint density at radius 2 is 1.91 bits per heavy atom. The first-order valence-electron chi connectivity index (χ1n) is 11.8. The summed E-state index contributed by atoms with van der Waals surface area (Å²) in [6, 6.07) is 7.84. The number of halogens is 1. The number of aliphatic imine (C=N–C) groups is 1. The van der Waals surface area contributed by atoms with Gasteiger partial charge >= 0.3 is 0 Å². The van der Waals surface area contributed by atoms with Gasteiger partial charge in [-0.3, -0.25) is 9.59 Å². The highest BCUT2D eigenvalue weighted by atomic mass is 127. The van der Waals surface area contributed by atoms with E-state index in [2.05, 4.69) is 22.5 Å². The molecule has 2 saturated heterocycles. The molecule has 9 heteroatoms. The van der Waals surface area contributed by atoms with Crippen molar-refractivity contribution < 1.29 is 14.3 Å². The maximum Gasteiger partial charge on any atom is 0.251 e. The van der Waals surface area contributed by atoms with Crippen molar-refractivity contribution in [1.29, 1.82) is 0 Å². The van der Waals surface area contributed by atoms with Gasteiger partial charge in [0.15, 0.2) is 5.96 Å². The zero-order chi connectivity index (χ0) is 22.9. The van der Waals surface area contributed by atoms with Crippen LogP contribution in [0.1, 0.15) is 45.6 Å². The van der Waals surface area contributed by atoms with Crippen molar-refractivity contribution in [2.45, 2.75) is 52.7 Å². The Kier molecular flexibility index (Phi) is 11.4. The highest BCUT2D eigenvalue weighted by Crippen LogP contribution is 2.17. The van der Waals surface area contributed by atoms with Crippen LogP contribution in [0.2, 0.25) is 0 Å². The predicted molar refractivity (Wildman–Crippen MR) is 142 cm³/mol. The number of benzene rings is 1. The predicted octanol–water partition coefficient (Wildman–Crippen LogP) is 3.08. The molecule has 2 aliphatic rings. The Bertz CT molecular complexity index is 803. The summed E-state index contributed by atoms with van der Waals surface area (Å²) in [6.45, 7) is 11.0. The van der Waals surface area contributed by atoms with Crippen molar-refractivity contribution in [1.82, 2.24) is 15.1 Å². The number of piperazine rings is 1. The van der Waals surface area contributed by atoms with Crippen LogP contribution in [0.4, 0.5) is 5.69 Å². The molecular formula is C24H38IN5O3. The number of carbonyl (C=O) groups is 2. The molecule has 2 amide bonds. The van der Waals surface area contributed by atoms with Crippen LogP contribution >= 0.6 is 24.0 Å². The second kappa shape index (κ2) is 13.7. The summed E-state index contributed by atoms with van der Waals surface area (Å²) < 4.78 is 5.55. The molecule has 0 radical (unpaired) electrons. The molecule has 2 heterocycles. The third kappa shape index (κ3) is 8.44. The highest BCUT2D eigenvalue weighted by Gasteiger charge is 2.30. The van der Waals surface area contributed by atoms with Crippen LogP contribution < -0.4 is 10.6 Å². The first kappa shape index (κ1) is 27.4. The van der Waals surface area contributed by atoms with Gasteiger partial charge in [-0.25, -0.2) is 4.99 Å². The number of anilines is 1. The number of carbonyl (C=O) groups excluding carboxylic acids is 2. The Balaban J connectivity index is 0.00000385. The summed E-state index contributed by atoms with van der Waals surface area (Å²) in [7, 11) is 0. The van der Waals surface area contributed by atoms with Gasteiger partial charge in [-0.15, -0.1) is 24.0 Å². The zero-order valence-electron chi connectivity index (χ0n) is 20.0. The monoisotopic (exact) mass is 571 g/mol. The fraction of sp³-hybridized carbons (Fsp3) is 0.625. The number of nitrogens with zero attached hydrogens (tertiary/aromatic N) is 3. The van der Waals surface area contributed by atoms with Gasteiger partial charge in [0.25, 0.3) is 5.91 Å². The second-order valence-electron chi connectivity index (χ2n) is 8.83. The van der Waals surface area contributed by atoms with E-state index in [4.69, 9.17) is 9.73 Å². The van der Waals surface area contributed by atoms with Crippen LogP contribution in [0, 0.1) is 5.92 Å². The van der Waals surface area contributed by atoms with Gasteiger partial charge < -0.3 is 25.2 Å². The average Bonchev–Trinajstić information content (AvgIpc) is 3.31.